The van der Waals surface area contributed by atoms with E-state index < -0.39 is 5.43 Å². The fraction of sp³-hybridized carbons (Fsp3) is 0.714. The van der Waals surface area contributed by atoms with Gasteiger partial charge in [-0.05, 0) is 10.8 Å². The third-order valence-corrected chi connectivity index (χ3v) is 3.27. The van der Waals surface area contributed by atoms with Gasteiger partial charge >= 0.3 is 0 Å². The summed E-state index contributed by atoms with van der Waals surface area (Å²) in [6.07, 6.45) is 0. The molecule has 3 N–H and O–H groups in total. The van der Waals surface area contributed by atoms with Crippen molar-refractivity contribution in [3.8, 4) is 0 Å². The van der Waals surface area contributed by atoms with Crippen LogP contribution in [0.3, 0.4) is 0 Å². The summed E-state index contributed by atoms with van der Waals surface area (Å²) in [6.45, 7) is 12.4. The molecule has 0 aliphatic carbocycles. The topological polar surface area (TPSA) is 72.2 Å². The summed E-state index contributed by atoms with van der Waals surface area (Å²) in [7, 11) is 0. The minimum absolute atomic E-state index is 0.0355. The van der Waals surface area contributed by atoms with Gasteiger partial charge in [0.05, 0.1) is 5.69 Å². The maximum atomic E-state index is 11.6. The number of nitrogens with two attached hydrogens (primary N) is 1. The van der Waals surface area contributed by atoms with Gasteiger partial charge in [-0.25, -0.2) is 0 Å². The van der Waals surface area contributed by atoms with Gasteiger partial charge in [-0.15, -0.1) is 0 Å². The number of hydrogen-bond acceptors (Lipinski definition) is 4. The molecule has 1 atom stereocenters. The van der Waals surface area contributed by atoms with E-state index in [9.17, 15) is 9.59 Å². The van der Waals surface area contributed by atoms with E-state index >= 15 is 0 Å². The molecule has 1 aromatic carbocycles. The molecule has 0 fully saturated rings. The van der Waals surface area contributed by atoms with E-state index in [-0.39, 0.29) is 22.3 Å². The first-order valence-electron chi connectivity index (χ1n) is 6.29. The second kappa shape index (κ2) is 4.50. The Kier molecular flexibility index (Phi) is 3.73. The highest BCUT2D eigenvalue weighted by atomic mass is 16.2. The van der Waals surface area contributed by atoms with E-state index in [1.807, 2.05) is 41.5 Å². The highest BCUT2D eigenvalue weighted by Gasteiger charge is 2.31. The van der Waals surface area contributed by atoms with Crippen LogP contribution in [0.15, 0.2) is 9.59 Å². The molecular formula is C14H24N2O2. The van der Waals surface area contributed by atoms with E-state index in [0.717, 1.165) is 0 Å². The summed E-state index contributed by atoms with van der Waals surface area (Å²) >= 11 is 0. The Hall–Kier alpha value is -1.16. The summed E-state index contributed by atoms with van der Waals surface area (Å²) < 4.78 is 0. The van der Waals surface area contributed by atoms with Crippen molar-refractivity contribution in [3.63, 3.8) is 0 Å². The molecule has 0 bridgehead atoms. The van der Waals surface area contributed by atoms with Crippen molar-refractivity contribution in [1.82, 2.24) is 0 Å². The van der Waals surface area contributed by atoms with Crippen molar-refractivity contribution in [3.05, 3.63) is 26.0 Å². The molecule has 0 heterocycles. The molecule has 18 heavy (non-hydrogen) atoms. The van der Waals surface area contributed by atoms with Crippen LogP contribution in [0.25, 0.3) is 0 Å². The number of anilines is 1. The zero-order valence-electron chi connectivity index (χ0n) is 12.2. The maximum absolute atomic E-state index is 11.6. The van der Waals surface area contributed by atoms with Crippen LogP contribution in [0, 0.1) is 5.41 Å². The predicted octanol–water partition coefficient (Wildman–Crippen LogP) is 1.37. The molecule has 0 radical (unpaired) electrons. The van der Waals surface area contributed by atoms with Gasteiger partial charge < -0.3 is 11.1 Å². The number of rotatable bonds is 3. The van der Waals surface area contributed by atoms with E-state index in [1.165, 1.54) is 0 Å². The lowest BCUT2D eigenvalue weighted by molar-refractivity contribution is 0.331. The smallest absolute Gasteiger partial charge is 0.249 e. The van der Waals surface area contributed by atoms with E-state index in [1.54, 1.807) is 0 Å². The van der Waals surface area contributed by atoms with E-state index in [0.29, 0.717) is 17.8 Å². The average molecular weight is 252 g/mol. The third kappa shape index (κ3) is 2.80. The Bertz CT molecular complexity index is 497. The third-order valence-electron chi connectivity index (χ3n) is 3.27. The molecule has 0 saturated carbocycles. The summed E-state index contributed by atoms with van der Waals surface area (Å²) in [5, 5.41) is 3.05. The monoisotopic (exact) mass is 252 g/mol. The van der Waals surface area contributed by atoms with Crippen LogP contribution in [0.1, 0.15) is 47.1 Å². The van der Waals surface area contributed by atoms with Gasteiger partial charge in [0.1, 0.15) is 0 Å². The van der Waals surface area contributed by atoms with Crippen molar-refractivity contribution in [2.24, 2.45) is 11.1 Å². The molecular weight excluding hydrogens is 228 g/mol. The Labute approximate surface area is 108 Å². The molecule has 0 aliphatic rings. The van der Waals surface area contributed by atoms with Crippen molar-refractivity contribution >= 4 is 5.69 Å². The molecule has 1 aromatic rings. The zero-order chi connectivity index (χ0) is 14.3. The zero-order valence-corrected chi connectivity index (χ0v) is 12.2. The molecule has 0 saturated heterocycles. The largest absolute Gasteiger partial charge is 0.380 e. The molecule has 1 rings (SSSR count). The fourth-order valence-electron chi connectivity index (χ4n) is 1.79. The normalized spacial score (nSPS) is 14.8. The van der Waals surface area contributed by atoms with Crippen LogP contribution in [-0.2, 0) is 5.41 Å². The van der Waals surface area contributed by atoms with Crippen LogP contribution >= 0.6 is 0 Å². The molecule has 4 heteroatoms. The Morgan fingerprint density at radius 3 is 1.94 bits per heavy atom. The fourth-order valence-corrected chi connectivity index (χ4v) is 1.79. The van der Waals surface area contributed by atoms with E-state index in [4.69, 9.17) is 5.73 Å². The molecule has 4 nitrogen and oxygen atoms in total. The minimum Gasteiger partial charge on any atom is -0.380 e. The lowest BCUT2D eigenvalue weighted by Gasteiger charge is -2.29. The van der Waals surface area contributed by atoms with Crippen LogP contribution in [0.2, 0.25) is 0 Å². The van der Waals surface area contributed by atoms with Gasteiger partial charge in [-0.3, -0.25) is 9.59 Å². The number of nitrogens with one attached hydrogen (secondary N) is 1. The Morgan fingerprint density at radius 2 is 1.56 bits per heavy atom. The summed E-state index contributed by atoms with van der Waals surface area (Å²) in [6, 6.07) is -0.0743. The first kappa shape index (κ1) is 14.9. The molecule has 0 aromatic heterocycles. The summed E-state index contributed by atoms with van der Waals surface area (Å²) in [5.74, 6) is 0. The minimum atomic E-state index is -0.416. The van der Waals surface area contributed by atoms with E-state index in [2.05, 4.69) is 5.32 Å². The average Bonchev–Trinajstić information content (AvgIpc) is 2.18. The summed E-state index contributed by atoms with van der Waals surface area (Å²) in [5.41, 5.74) is 5.95. The molecule has 0 unspecified atom stereocenters. The van der Waals surface area contributed by atoms with Gasteiger partial charge in [0, 0.05) is 18.2 Å². The second-order valence-electron chi connectivity index (χ2n) is 7.01. The molecule has 0 spiro atoms. The van der Waals surface area contributed by atoms with Crippen molar-refractivity contribution in [2.75, 3.05) is 11.9 Å². The molecule has 0 amide bonds. The quantitative estimate of drug-likeness (QED) is 0.797. The molecule has 0 aliphatic heterocycles. The Morgan fingerprint density at radius 1 is 1.06 bits per heavy atom. The first-order chi connectivity index (χ1) is 7.96. The van der Waals surface area contributed by atoms with Crippen molar-refractivity contribution in [2.45, 2.75) is 53.0 Å². The SMILES string of the molecule is CC(C)(C)c1c(NC[C@@H](N)C(C)(C)C)c(=O)c1=O. The van der Waals surface area contributed by atoms with Crippen LogP contribution in [-0.4, -0.2) is 12.6 Å². The standard InChI is InChI=1S/C14H24N2O2/c1-13(2,3)8(15)7-16-10-9(14(4,5)6)11(17)12(10)18/h8,16H,7,15H2,1-6H3/t8-/m1/s1. The van der Waals surface area contributed by atoms with Crippen LogP contribution in [0.4, 0.5) is 5.69 Å². The van der Waals surface area contributed by atoms with Gasteiger partial charge in [0.25, 0.3) is 0 Å². The Balaban J connectivity index is 2.86. The van der Waals surface area contributed by atoms with Crippen LogP contribution in [0.5, 0.6) is 0 Å². The summed E-state index contributed by atoms with van der Waals surface area (Å²) in [4.78, 5) is 23.2. The van der Waals surface area contributed by atoms with Crippen molar-refractivity contribution in [1.29, 1.82) is 0 Å². The van der Waals surface area contributed by atoms with Gasteiger partial charge in [0.15, 0.2) is 0 Å². The van der Waals surface area contributed by atoms with Gasteiger partial charge in [-0.2, -0.15) is 0 Å². The predicted molar refractivity (Wildman–Crippen MR) is 76.0 cm³/mol. The highest BCUT2D eigenvalue weighted by Crippen LogP contribution is 2.26. The second-order valence-corrected chi connectivity index (χ2v) is 7.01. The van der Waals surface area contributed by atoms with Crippen LogP contribution < -0.4 is 21.9 Å². The number of hydrogen-bond donors (Lipinski definition) is 2. The lowest BCUT2D eigenvalue weighted by atomic mass is 9.82. The van der Waals surface area contributed by atoms with Gasteiger partial charge in [-0.1, -0.05) is 41.5 Å². The maximum Gasteiger partial charge on any atom is 0.249 e. The van der Waals surface area contributed by atoms with Crippen molar-refractivity contribution < 1.29 is 0 Å². The highest BCUT2D eigenvalue weighted by molar-refractivity contribution is 5.59. The van der Waals surface area contributed by atoms with Gasteiger partial charge in [0.2, 0.25) is 10.9 Å². The first-order valence-corrected chi connectivity index (χ1v) is 6.29. The lowest BCUT2D eigenvalue weighted by Crippen LogP contribution is -2.47. The molecule has 102 valence electrons.